The van der Waals surface area contributed by atoms with Crippen LogP contribution in [-0.4, -0.2) is 50.2 Å². The van der Waals surface area contributed by atoms with E-state index in [2.05, 4.69) is 0 Å². The Balaban J connectivity index is 2.77. The fourth-order valence-corrected chi connectivity index (χ4v) is 2.16. The van der Waals surface area contributed by atoms with Gasteiger partial charge in [0.1, 0.15) is 5.82 Å². The van der Waals surface area contributed by atoms with Gasteiger partial charge in [0.05, 0.1) is 13.0 Å². The zero-order valence-corrected chi connectivity index (χ0v) is 13.9. The van der Waals surface area contributed by atoms with Crippen LogP contribution >= 0.6 is 0 Å². The summed E-state index contributed by atoms with van der Waals surface area (Å²) in [7, 11) is 1.32. The lowest BCUT2D eigenvalue weighted by atomic mass is 10.1. The van der Waals surface area contributed by atoms with E-state index in [0.717, 1.165) is 0 Å². The lowest BCUT2D eigenvalue weighted by molar-refractivity contribution is -0.145. The number of rotatable bonds is 9. The number of hydrogen-bond donors (Lipinski definition) is 0. The summed E-state index contributed by atoms with van der Waals surface area (Å²) in [5.74, 6) is -1.44. The second-order valence-corrected chi connectivity index (χ2v) is 5.23. The number of hydrogen-bond acceptors (Lipinski definition) is 4. The third kappa shape index (κ3) is 6.36. The average Bonchev–Trinajstić information content (AvgIpc) is 2.56. The largest absolute Gasteiger partial charge is 0.469 e. The van der Waals surface area contributed by atoms with Gasteiger partial charge < -0.3 is 14.4 Å². The molecule has 1 atom stereocenters. The maximum atomic E-state index is 13.0. The highest BCUT2D eigenvalue weighted by molar-refractivity contribution is 5.94. The topological polar surface area (TPSA) is 55.8 Å². The molecule has 0 aliphatic heterocycles. The molecule has 0 aromatic heterocycles. The maximum Gasteiger partial charge on any atom is 0.310 e. The molecule has 5 nitrogen and oxygen atoms in total. The minimum atomic E-state index is -0.434. The van der Waals surface area contributed by atoms with Gasteiger partial charge in [-0.2, -0.15) is 0 Å². The Morgan fingerprint density at radius 2 is 1.91 bits per heavy atom. The van der Waals surface area contributed by atoms with Gasteiger partial charge in [-0.3, -0.25) is 9.59 Å². The highest BCUT2D eigenvalue weighted by Gasteiger charge is 2.22. The third-order valence-corrected chi connectivity index (χ3v) is 3.40. The van der Waals surface area contributed by atoms with E-state index < -0.39 is 11.7 Å². The predicted molar refractivity (Wildman–Crippen MR) is 84.6 cm³/mol. The van der Waals surface area contributed by atoms with Crippen molar-refractivity contribution in [1.82, 2.24) is 4.90 Å². The summed E-state index contributed by atoms with van der Waals surface area (Å²) >= 11 is 0. The van der Waals surface area contributed by atoms with Crippen molar-refractivity contribution in [3.05, 3.63) is 35.6 Å². The Morgan fingerprint density at radius 1 is 1.26 bits per heavy atom. The van der Waals surface area contributed by atoms with Gasteiger partial charge >= 0.3 is 5.97 Å². The molecule has 128 valence electrons. The lowest BCUT2D eigenvalue weighted by Gasteiger charge is -2.25. The van der Waals surface area contributed by atoms with Gasteiger partial charge in [0.25, 0.3) is 5.91 Å². The Hall–Kier alpha value is -1.95. The van der Waals surface area contributed by atoms with Crippen molar-refractivity contribution in [1.29, 1.82) is 0 Å². The van der Waals surface area contributed by atoms with E-state index in [1.54, 1.807) is 11.8 Å². The quantitative estimate of drug-likeness (QED) is 0.517. The van der Waals surface area contributed by atoms with Crippen LogP contribution in [0.5, 0.6) is 0 Å². The van der Waals surface area contributed by atoms with Crippen LogP contribution in [0.1, 0.15) is 30.6 Å². The third-order valence-electron chi connectivity index (χ3n) is 3.40. The summed E-state index contributed by atoms with van der Waals surface area (Å²) in [6.07, 6.45) is 0.661. The fourth-order valence-electron chi connectivity index (χ4n) is 2.16. The van der Waals surface area contributed by atoms with E-state index in [4.69, 9.17) is 9.47 Å². The first kappa shape index (κ1) is 19.1. The molecule has 0 radical (unpaired) electrons. The first-order valence-corrected chi connectivity index (χ1v) is 7.70. The fraction of sp³-hybridized carbons (Fsp3) is 0.529. The average molecular weight is 325 g/mol. The van der Waals surface area contributed by atoms with E-state index in [-0.39, 0.29) is 18.4 Å². The Kier molecular flexibility index (Phi) is 8.26. The molecule has 0 saturated carbocycles. The van der Waals surface area contributed by atoms with E-state index in [1.165, 1.54) is 31.4 Å². The highest BCUT2D eigenvalue weighted by atomic mass is 19.1. The van der Waals surface area contributed by atoms with Gasteiger partial charge in [-0.05, 0) is 37.6 Å². The SMILES string of the molecule is CCOCCCN(CC(C)C(=O)OC)C(=O)c1ccc(F)cc1. The minimum absolute atomic E-state index is 0.239. The Labute approximate surface area is 136 Å². The summed E-state index contributed by atoms with van der Waals surface area (Å²) in [5, 5.41) is 0. The second-order valence-electron chi connectivity index (χ2n) is 5.23. The Morgan fingerprint density at radius 3 is 2.48 bits per heavy atom. The number of amides is 1. The summed E-state index contributed by atoms with van der Waals surface area (Å²) in [6, 6.07) is 5.37. The van der Waals surface area contributed by atoms with Gasteiger partial charge in [0.2, 0.25) is 0 Å². The molecule has 0 aliphatic rings. The molecule has 23 heavy (non-hydrogen) atoms. The molecule has 0 aliphatic carbocycles. The minimum Gasteiger partial charge on any atom is -0.469 e. The monoisotopic (exact) mass is 325 g/mol. The number of esters is 1. The molecule has 0 N–H and O–H groups in total. The van der Waals surface area contributed by atoms with Crippen molar-refractivity contribution >= 4 is 11.9 Å². The standard InChI is InChI=1S/C17H24FNO4/c1-4-23-11-5-10-19(12-13(2)17(21)22-3)16(20)14-6-8-15(18)9-7-14/h6-9,13H,4-5,10-12H2,1-3H3. The molecular formula is C17H24FNO4. The first-order valence-electron chi connectivity index (χ1n) is 7.70. The number of benzene rings is 1. The Bertz CT molecular complexity index is 504. The van der Waals surface area contributed by atoms with Crippen molar-refractivity contribution in [3.8, 4) is 0 Å². The molecule has 0 saturated heterocycles. The zero-order chi connectivity index (χ0) is 17.2. The molecule has 0 bridgehead atoms. The van der Waals surface area contributed by atoms with E-state index in [1.807, 2.05) is 6.92 Å². The van der Waals surface area contributed by atoms with Crippen LogP contribution in [0, 0.1) is 11.7 Å². The second kappa shape index (κ2) is 9.94. The van der Waals surface area contributed by atoms with Crippen LogP contribution < -0.4 is 0 Å². The van der Waals surface area contributed by atoms with E-state index in [9.17, 15) is 14.0 Å². The molecule has 6 heteroatoms. The summed E-state index contributed by atoms with van der Waals surface area (Å²) in [6.45, 7) is 5.47. The van der Waals surface area contributed by atoms with Crippen molar-refractivity contribution in [2.24, 2.45) is 5.92 Å². The number of carbonyl (C=O) groups excluding carboxylic acids is 2. The van der Waals surface area contributed by atoms with E-state index in [0.29, 0.717) is 31.7 Å². The van der Waals surface area contributed by atoms with Gasteiger partial charge in [0, 0.05) is 31.9 Å². The van der Waals surface area contributed by atoms with Crippen LogP contribution in [0.4, 0.5) is 4.39 Å². The highest BCUT2D eigenvalue weighted by Crippen LogP contribution is 2.11. The maximum absolute atomic E-state index is 13.0. The van der Waals surface area contributed by atoms with Crippen LogP contribution in [0.2, 0.25) is 0 Å². The number of methoxy groups -OCH3 is 1. The molecule has 0 fully saturated rings. The molecule has 1 aromatic rings. The number of halogens is 1. The van der Waals surface area contributed by atoms with Crippen molar-refractivity contribution in [3.63, 3.8) is 0 Å². The van der Waals surface area contributed by atoms with Gasteiger partial charge in [-0.15, -0.1) is 0 Å². The molecule has 1 unspecified atom stereocenters. The van der Waals surface area contributed by atoms with Crippen LogP contribution in [-0.2, 0) is 14.3 Å². The van der Waals surface area contributed by atoms with E-state index >= 15 is 0 Å². The molecule has 1 rings (SSSR count). The predicted octanol–water partition coefficient (Wildman–Crippen LogP) is 2.50. The van der Waals surface area contributed by atoms with Crippen molar-refractivity contribution in [2.75, 3.05) is 33.4 Å². The summed E-state index contributed by atoms with van der Waals surface area (Å²) in [4.78, 5) is 25.7. The molecule has 1 aromatic carbocycles. The molecule has 0 spiro atoms. The first-order chi connectivity index (χ1) is 11.0. The van der Waals surface area contributed by atoms with Crippen molar-refractivity contribution < 1.29 is 23.5 Å². The van der Waals surface area contributed by atoms with Gasteiger partial charge in [0.15, 0.2) is 0 Å². The van der Waals surface area contributed by atoms with Gasteiger partial charge in [-0.25, -0.2) is 4.39 Å². The number of carbonyl (C=O) groups is 2. The van der Waals surface area contributed by atoms with Gasteiger partial charge in [-0.1, -0.05) is 6.92 Å². The smallest absolute Gasteiger partial charge is 0.310 e. The number of ether oxygens (including phenoxy) is 2. The summed E-state index contributed by atoms with van der Waals surface area (Å²) < 4.78 is 23.0. The number of nitrogens with zero attached hydrogens (tertiary/aromatic N) is 1. The lowest BCUT2D eigenvalue weighted by Crippen LogP contribution is -2.38. The normalized spacial score (nSPS) is 11.8. The van der Waals surface area contributed by atoms with Crippen LogP contribution in [0.25, 0.3) is 0 Å². The van der Waals surface area contributed by atoms with Crippen LogP contribution in [0.3, 0.4) is 0 Å². The zero-order valence-electron chi connectivity index (χ0n) is 13.9. The van der Waals surface area contributed by atoms with Crippen molar-refractivity contribution in [2.45, 2.75) is 20.3 Å². The molecule has 1 amide bonds. The summed E-state index contributed by atoms with van der Waals surface area (Å²) in [5.41, 5.74) is 0.389. The van der Waals surface area contributed by atoms with Crippen LogP contribution in [0.15, 0.2) is 24.3 Å². The molecule has 0 heterocycles. The molecular weight excluding hydrogens is 301 g/mol.